The van der Waals surface area contributed by atoms with Gasteiger partial charge < -0.3 is 24.3 Å². The largest absolute Gasteiger partial charge is 0.493 e. The second kappa shape index (κ2) is 8.11. The molecule has 0 saturated heterocycles. The molecule has 2 aliphatic rings. The Labute approximate surface area is 171 Å². The normalized spacial score (nSPS) is 21.6. The Morgan fingerprint density at radius 1 is 1.07 bits per heavy atom. The molecule has 1 aliphatic heterocycles. The summed E-state index contributed by atoms with van der Waals surface area (Å²) < 4.78 is 22.4. The van der Waals surface area contributed by atoms with Gasteiger partial charge in [-0.3, -0.25) is 0 Å². The third-order valence-electron chi connectivity index (χ3n) is 5.75. The van der Waals surface area contributed by atoms with Crippen LogP contribution in [-0.2, 0) is 0 Å². The van der Waals surface area contributed by atoms with Crippen molar-refractivity contribution in [1.82, 2.24) is 0 Å². The van der Waals surface area contributed by atoms with Crippen molar-refractivity contribution in [2.75, 3.05) is 33.3 Å². The SMILES string of the molecule is C=CCOc1ccc2c(c1)C1C=CCC1C(c1cc(OC)c(OC)c(OC)c1)N2. The van der Waals surface area contributed by atoms with E-state index in [1.54, 1.807) is 27.4 Å². The summed E-state index contributed by atoms with van der Waals surface area (Å²) in [5, 5.41) is 3.74. The van der Waals surface area contributed by atoms with Crippen LogP contribution in [0, 0.1) is 5.92 Å². The van der Waals surface area contributed by atoms with Crippen LogP contribution in [0.15, 0.2) is 55.1 Å². The van der Waals surface area contributed by atoms with Crippen LogP contribution in [0.2, 0.25) is 0 Å². The lowest BCUT2D eigenvalue weighted by Crippen LogP contribution is -2.29. The molecule has 152 valence electrons. The third-order valence-corrected chi connectivity index (χ3v) is 5.75. The first kappa shape index (κ1) is 19.2. The van der Waals surface area contributed by atoms with E-state index in [4.69, 9.17) is 18.9 Å². The van der Waals surface area contributed by atoms with Crippen molar-refractivity contribution < 1.29 is 18.9 Å². The highest BCUT2D eigenvalue weighted by Gasteiger charge is 2.38. The zero-order valence-electron chi connectivity index (χ0n) is 17.1. The average molecular weight is 393 g/mol. The van der Waals surface area contributed by atoms with Gasteiger partial charge in [0.1, 0.15) is 12.4 Å². The van der Waals surface area contributed by atoms with E-state index in [0.29, 0.717) is 35.7 Å². The Bertz CT molecular complexity index is 911. The number of benzene rings is 2. The van der Waals surface area contributed by atoms with Gasteiger partial charge in [-0.2, -0.15) is 0 Å². The van der Waals surface area contributed by atoms with Crippen LogP contribution in [0.4, 0.5) is 5.69 Å². The van der Waals surface area contributed by atoms with Gasteiger partial charge in [-0.15, -0.1) is 0 Å². The maximum Gasteiger partial charge on any atom is 0.203 e. The van der Waals surface area contributed by atoms with Crippen molar-refractivity contribution in [3.63, 3.8) is 0 Å². The Morgan fingerprint density at radius 2 is 1.83 bits per heavy atom. The first-order chi connectivity index (χ1) is 14.2. The maximum absolute atomic E-state index is 5.75. The molecule has 0 radical (unpaired) electrons. The van der Waals surface area contributed by atoms with E-state index in [2.05, 4.69) is 36.2 Å². The van der Waals surface area contributed by atoms with Gasteiger partial charge >= 0.3 is 0 Å². The maximum atomic E-state index is 5.75. The van der Waals surface area contributed by atoms with Crippen molar-refractivity contribution in [3.8, 4) is 23.0 Å². The Morgan fingerprint density at radius 3 is 2.48 bits per heavy atom. The van der Waals surface area contributed by atoms with Crippen molar-refractivity contribution >= 4 is 5.69 Å². The number of hydrogen-bond acceptors (Lipinski definition) is 5. The Hall–Kier alpha value is -3.08. The van der Waals surface area contributed by atoms with Crippen LogP contribution in [0.1, 0.15) is 29.5 Å². The molecule has 0 spiro atoms. The van der Waals surface area contributed by atoms with E-state index in [1.807, 2.05) is 18.2 Å². The highest BCUT2D eigenvalue weighted by molar-refractivity contribution is 5.63. The molecule has 1 aliphatic carbocycles. The molecule has 2 aromatic carbocycles. The van der Waals surface area contributed by atoms with Gasteiger partial charge in [0.05, 0.1) is 27.4 Å². The third kappa shape index (κ3) is 3.41. The number of methoxy groups -OCH3 is 3. The molecule has 0 saturated carbocycles. The zero-order chi connectivity index (χ0) is 20.4. The Balaban J connectivity index is 1.73. The van der Waals surface area contributed by atoms with Crippen molar-refractivity contribution in [2.24, 2.45) is 5.92 Å². The van der Waals surface area contributed by atoms with Crippen LogP contribution in [0.3, 0.4) is 0 Å². The van der Waals surface area contributed by atoms with Crippen molar-refractivity contribution in [2.45, 2.75) is 18.4 Å². The first-order valence-corrected chi connectivity index (χ1v) is 9.81. The van der Waals surface area contributed by atoms with Gasteiger partial charge in [0.15, 0.2) is 11.5 Å². The zero-order valence-corrected chi connectivity index (χ0v) is 17.1. The molecule has 1 heterocycles. The van der Waals surface area contributed by atoms with E-state index in [1.165, 1.54) is 5.56 Å². The van der Waals surface area contributed by atoms with E-state index in [9.17, 15) is 0 Å². The summed E-state index contributed by atoms with van der Waals surface area (Å²) in [5.41, 5.74) is 3.52. The number of hydrogen-bond donors (Lipinski definition) is 1. The van der Waals surface area contributed by atoms with Gasteiger partial charge in [0, 0.05) is 11.6 Å². The van der Waals surface area contributed by atoms with Gasteiger partial charge in [0.2, 0.25) is 5.75 Å². The molecule has 29 heavy (non-hydrogen) atoms. The molecule has 2 aromatic rings. The highest BCUT2D eigenvalue weighted by Crippen LogP contribution is 2.52. The summed E-state index contributed by atoms with van der Waals surface area (Å²) in [6.45, 7) is 4.23. The second-order valence-electron chi connectivity index (χ2n) is 7.28. The fourth-order valence-corrected chi connectivity index (χ4v) is 4.43. The molecule has 5 heteroatoms. The van der Waals surface area contributed by atoms with Gasteiger partial charge in [-0.25, -0.2) is 0 Å². The molecule has 3 unspecified atom stereocenters. The van der Waals surface area contributed by atoms with E-state index in [-0.39, 0.29) is 6.04 Å². The summed E-state index contributed by atoms with van der Waals surface area (Å²) >= 11 is 0. The quantitative estimate of drug-likeness (QED) is 0.663. The summed E-state index contributed by atoms with van der Waals surface area (Å²) in [4.78, 5) is 0. The summed E-state index contributed by atoms with van der Waals surface area (Å²) in [7, 11) is 4.92. The van der Waals surface area contributed by atoms with Gasteiger partial charge in [0.25, 0.3) is 0 Å². The summed E-state index contributed by atoms with van der Waals surface area (Å²) in [6, 6.07) is 10.5. The van der Waals surface area contributed by atoms with Crippen LogP contribution < -0.4 is 24.3 Å². The molecule has 3 atom stereocenters. The number of fused-ring (bicyclic) bond motifs is 3. The lowest BCUT2D eigenvalue weighted by Gasteiger charge is -2.38. The fraction of sp³-hybridized carbons (Fsp3) is 0.333. The molecule has 0 bridgehead atoms. The first-order valence-electron chi connectivity index (χ1n) is 9.81. The van der Waals surface area contributed by atoms with Gasteiger partial charge in [-0.1, -0.05) is 24.8 Å². The van der Waals surface area contributed by atoms with Gasteiger partial charge in [-0.05, 0) is 53.8 Å². The predicted octanol–water partition coefficient (Wildman–Crippen LogP) is 5.10. The van der Waals surface area contributed by atoms with Crippen molar-refractivity contribution in [3.05, 3.63) is 66.3 Å². The molecule has 0 aromatic heterocycles. The number of anilines is 1. The number of rotatable bonds is 7. The summed E-state index contributed by atoms with van der Waals surface area (Å²) in [5.74, 6) is 3.56. The monoisotopic (exact) mass is 393 g/mol. The summed E-state index contributed by atoms with van der Waals surface area (Å²) in [6.07, 6.45) is 7.35. The lowest BCUT2D eigenvalue weighted by molar-refractivity contribution is 0.322. The number of nitrogens with one attached hydrogen (secondary N) is 1. The second-order valence-corrected chi connectivity index (χ2v) is 7.28. The van der Waals surface area contributed by atoms with Crippen LogP contribution in [0.5, 0.6) is 23.0 Å². The molecular weight excluding hydrogens is 366 g/mol. The molecule has 1 N–H and O–H groups in total. The minimum Gasteiger partial charge on any atom is -0.493 e. The van der Waals surface area contributed by atoms with E-state index in [0.717, 1.165) is 23.4 Å². The van der Waals surface area contributed by atoms with Crippen LogP contribution in [-0.4, -0.2) is 27.9 Å². The molecule has 0 fully saturated rings. The fourth-order valence-electron chi connectivity index (χ4n) is 4.43. The van der Waals surface area contributed by atoms with E-state index >= 15 is 0 Å². The minimum absolute atomic E-state index is 0.135. The minimum atomic E-state index is 0.135. The van der Waals surface area contributed by atoms with Crippen molar-refractivity contribution in [1.29, 1.82) is 0 Å². The molecule has 5 nitrogen and oxygen atoms in total. The number of ether oxygens (including phenoxy) is 4. The molecule has 4 rings (SSSR count). The number of allylic oxidation sites excluding steroid dienone is 2. The lowest BCUT2D eigenvalue weighted by atomic mass is 9.77. The Kier molecular flexibility index (Phi) is 5.38. The molecule has 0 amide bonds. The predicted molar refractivity (Wildman–Crippen MR) is 115 cm³/mol. The standard InChI is InChI=1S/C24H27NO4/c1-5-11-29-16-9-10-20-19(14-16)17-7-6-8-18(17)23(25-20)15-12-21(26-2)24(28-4)22(13-15)27-3/h5-7,9-10,12-14,17-18,23,25H,1,8,11H2,2-4H3. The van der Waals surface area contributed by atoms with Crippen LogP contribution >= 0.6 is 0 Å². The topological polar surface area (TPSA) is 49.0 Å². The average Bonchev–Trinajstić information content (AvgIpc) is 3.26. The molecular formula is C24H27NO4. The van der Waals surface area contributed by atoms with Crippen LogP contribution in [0.25, 0.3) is 0 Å². The van der Waals surface area contributed by atoms with E-state index < -0.39 is 0 Å². The highest BCUT2D eigenvalue weighted by atomic mass is 16.5. The smallest absolute Gasteiger partial charge is 0.203 e.